The van der Waals surface area contributed by atoms with Crippen LogP contribution in [-0.2, 0) is 0 Å². The van der Waals surface area contributed by atoms with E-state index in [2.05, 4.69) is 15.9 Å². The molecule has 4 nitrogen and oxygen atoms in total. The monoisotopic (exact) mass is 331 g/mol. The van der Waals surface area contributed by atoms with Crippen LogP contribution in [-0.4, -0.2) is 22.9 Å². The van der Waals surface area contributed by atoms with Gasteiger partial charge in [0.25, 0.3) is 0 Å². The summed E-state index contributed by atoms with van der Waals surface area (Å²) in [6, 6.07) is 2.83. The summed E-state index contributed by atoms with van der Waals surface area (Å²) in [7, 11) is 0. The van der Waals surface area contributed by atoms with Gasteiger partial charge < -0.3 is 20.7 Å². The van der Waals surface area contributed by atoms with E-state index in [0.29, 0.717) is 16.8 Å². The molecule has 0 aromatic heterocycles. The van der Waals surface area contributed by atoms with Gasteiger partial charge in [0.1, 0.15) is 0 Å². The number of phenolic OH excluding ortho intramolecular Hbond substituents is 1. The van der Waals surface area contributed by atoms with E-state index in [1.807, 2.05) is 27.7 Å². The van der Waals surface area contributed by atoms with Crippen molar-refractivity contribution in [3.05, 3.63) is 22.2 Å². The molecule has 0 radical (unpaired) electrons. The van der Waals surface area contributed by atoms with Gasteiger partial charge in [-0.1, -0.05) is 20.8 Å². The molecule has 0 aliphatic rings. The van der Waals surface area contributed by atoms with Crippen molar-refractivity contribution in [2.24, 2.45) is 11.1 Å². The quantitative estimate of drug-likeness (QED) is 0.792. The molecule has 0 fully saturated rings. The first-order valence-corrected chi connectivity index (χ1v) is 7.06. The summed E-state index contributed by atoms with van der Waals surface area (Å²) in [5.74, 6) is 0.409. The third kappa shape index (κ3) is 3.84. The fourth-order valence-corrected chi connectivity index (χ4v) is 2.23. The Morgan fingerprint density at radius 1 is 1.37 bits per heavy atom. The minimum absolute atomic E-state index is 0.0445. The molecular weight excluding hydrogens is 310 g/mol. The maximum absolute atomic E-state index is 10.2. The Kier molecular flexibility index (Phi) is 5.24. The lowest BCUT2D eigenvalue weighted by Gasteiger charge is -2.31. The van der Waals surface area contributed by atoms with E-state index < -0.39 is 12.1 Å². The van der Waals surface area contributed by atoms with Crippen LogP contribution in [0.1, 0.15) is 39.3 Å². The van der Waals surface area contributed by atoms with E-state index in [-0.39, 0.29) is 11.2 Å². The van der Waals surface area contributed by atoms with Gasteiger partial charge in [-0.25, -0.2) is 0 Å². The van der Waals surface area contributed by atoms with Crippen molar-refractivity contribution in [3.8, 4) is 11.5 Å². The molecule has 0 aliphatic carbocycles. The number of benzene rings is 1. The largest absolute Gasteiger partial charge is 0.503 e. The predicted octanol–water partition coefficient (Wildman–Crippen LogP) is 2.96. The number of rotatable bonds is 4. The van der Waals surface area contributed by atoms with Crippen LogP contribution in [0, 0.1) is 5.41 Å². The second kappa shape index (κ2) is 6.11. The van der Waals surface area contributed by atoms with Crippen LogP contribution in [0.3, 0.4) is 0 Å². The third-order valence-electron chi connectivity index (χ3n) is 2.96. The molecule has 0 bridgehead atoms. The number of hydrogen-bond acceptors (Lipinski definition) is 4. The second-order valence-corrected chi connectivity index (χ2v) is 6.47. The lowest BCUT2D eigenvalue weighted by Crippen LogP contribution is -2.37. The first-order chi connectivity index (χ1) is 8.68. The van der Waals surface area contributed by atoms with E-state index in [0.717, 1.165) is 5.56 Å². The molecule has 4 N–H and O–H groups in total. The van der Waals surface area contributed by atoms with Crippen LogP contribution in [0.4, 0.5) is 0 Å². The van der Waals surface area contributed by atoms with Crippen LogP contribution >= 0.6 is 15.9 Å². The van der Waals surface area contributed by atoms with E-state index in [1.165, 1.54) is 0 Å². The molecule has 1 aromatic carbocycles. The Morgan fingerprint density at radius 2 is 1.95 bits per heavy atom. The van der Waals surface area contributed by atoms with Crippen molar-refractivity contribution in [1.82, 2.24) is 0 Å². The van der Waals surface area contributed by atoms with Crippen LogP contribution in [0.25, 0.3) is 0 Å². The summed E-state index contributed by atoms with van der Waals surface area (Å²) in [5.41, 5.74) is 6.49. The van der Waals surface area contributed by atoms with E-state index in [4.69, 9.17) is 10.5 Å². The van der Waals surface area contributed by atoms with Crippen molar-refractivity contribution in [3.63, 3.8) is 0 Å². The highest BCUT2D eigenvalue weighted by molar-refractivity contribution is 9.10. The van der Waals surface area contributed by atoms with E-state index >= 15 is 0 Å². The number of ether oxygens (including phenoxy) is 1. The minimum atomic E-state index is -0.696. The predicted molar refractivity (Wildman–Crippen MR) is 79.4 cm³/mol. The lowest BCUT2D eigenvalue weighted by atomic mass is 9.82. The summed E-state index contributed by atoms with van der Waals surface area (Å²) >= 11 is 3.27. The molecule has 0 saturated heterocycles. The highest BCUT2D eigenvalue weighted by atomic mass is 79.9. The van der Waals surface area contributed by atoms with Gasteiger partial charge in [0, 0.05) is 0 Å². The minimum Gasteiger partial charge on any atom is -0.503 e. The fraction of sp³-hybridized carbons (Fsp3) is 0.571. The number of phenols is 1. The Bertz CT molecular complexity index is 443. The van der Waals surface area contributed by atoms with Gasteiger partial charge >= 0.3 is 0 Å². The van der Waals surface area contributed by atoms with Crippen LogP contribution in [0.2, 0.25) is 0 Å². The van der Waals surface area contributed by atoms with Gasteiger partial charge in [0.05, 0.1) is 23.2 Å². The molecule has 1 aromatic rings. The first-order valence-electron chi connectivity index (χ1n) is 6.27. The zero-order chi connectivity index (χ0) is 14.8. The van der Waals surface area contributed by atoms with Crippen LogP contribution < -0.4 is 10.5 Å². The Hall–Kier alpha value is -0.780. The molecule has 2 atom stereocenters. The Labute approximate surface area is 122 Å². The first kappa shape index (κ1) is 16.3. The molecular formula is C14H22BrNO3. The summed E-state index contributed by atoms with van der Waals surface area (Å²) < 4.78 is 5.86. The van der Waals surface area contributed by atoms with Crippen LogP contribution in [0.15, 0.2) is 16.6 Å². The third-order valence-corrected chi connectivity index (χ3v) is 3.57. The molecule has 1 rings (SSSR count). The molecule has 5 heteroatoms. The molecule has 0 unspecified atom stereocenters. The number of halogens is 1. The van der Waals surface area contributed by atoms with Gasteiger partial charge in [-0.2, -0.15) is 0 Å². The highest BCUT2D eigenvalue weighted by Gasteiger charge is 2.30. The number of nitrogens with two attached hydrogens (primary N) is 1. The molecule has 0 amide bonds. The highest BCUT2D eigenvalue weighted by Crippen LogP contribution is 2.38. The van der Waals surface area contributed by atoms with Crippen molar-refractivity contribution in [1.29, 1.82) is 0 Å². The maximum atomic E-state index is 10.2. The van der Waals surface area contributed by atoms with Gasteiger partial charge in [0.2, 0.25) is 0 Å². The van der Waals surface area contributed by atoms with Crippen molar-refractivity contribution in [2.75, 3.05) is 6.61 Å². The lowest BCUT2D eigenvalue weighted by molar-refractivity contribution is 0.0400. The average molecular weight is 332 g/mol. The molecule has 0 spiro atoms. The fourth-order valence-electron chi connectivity index (χ4n) is 1.77. The summed E-state index contributed by atoms with van der Waals surface area (Å²) in [4.78, 5) is 0. The molecule has 108 valence electrons. The van der Waals surface area contributed by atoms with Crippen molar-refractivity contribution < 1.29 is 14.9 Å². The summed E-state index contributed by atoms with van der Waals surface area (Å²) in [5, 5.41) is 20.1. The SMILES string of the molecule is CCOc1cc([C@H](N)[C@H](O)C(C)(C)C)cc(Br)c1O. The average Bonchev–Trinajstić information content (AvgIpc) is 2.32. The molecule has 0 heterocycles. The molecule has 0 saturated carbocycles. The Balaban J connectivity index is 3.14. The van der Waals surface area contributed by atoms with Gasteiger partial charge in [-0.3, -0.25) is 0 Å². The topological polar surface area (TPSA) is 75.7 Å². The maximum Gasteiger partial charge on any atom is 0.172 e. The van der Waals surface area contributed by atoms with Gasteiger partial charge in [-0.05, 0) is 46.0 Å². The second-order valence-electron chi connectivity index (χ2n) is 5.62. The van der Waals surface area contributed by atoms with Gasteiger partial charge in [0.15, 0.2) is 11.5 Å². The number of aliphatic hydroxyl groups is 1. The number of aliphatic hydroxyl groups excluding tert-OH is 1. The number of hydrogen-bond donors (Lipinski definition) is 3. The van der Waals surface area contributed by atoms with Gasteiger partial charge in [-0.15, -0.1) is 0 Å². The summed E-state index contributed by atoms with van der Waals surface area (Å²) in [6.07, 6.45) is -0.696. The van der Waals surface area contributed by atoms with Crippen LogP contribution in [0.5, 0.6) is 11.5 Å². The normalized spacial score (nSPS) is 15.1. The standard InChI is InChI=1S/C14H22BrNO3/c1-5-19-10-7-8(6-9(15)12(10)17)11(16)13(18)14(2,3)4/h6-7,11,13,17-18H,5,16H2,1-4H3/t11-,13-/m0/s1. The summed E-state index contributed by atoms with van der Waals surface area (Å²) in [6.45, 7) is 8.06. The van der Waals surface area contributed by atoms with E-state index in [9.17, 15) is 10.2 Å². The molecule has 0 aliphatic heterocycles. The molecule has 19 heavy (non-hydrogen) atoms. The van der Waals surface area contributed by atoms with Crippen molar-refractivity contribution >= 4 is 15.9 Å². The zero-order valence-electron chi connectivity index (χ0n) is 11.8. The number of aromatic hydroxyl groups is 1. The zero-order valence-corrected chi connectivity index (χ0v) is 13.4. The van der Waals surface area contributed by atoms with E-state index in [1.54, 1.807) is 12.1 Å². The van der Waals surface area contributed by atoms with Crippen molar-refractivity contribution in [2.45, 2.75) is 39.8 Å². The Morgan fingerprint density at radius 3 is 2.42 bits per heavy atom. The smallest absolute Gasteiger partial charge is 0.172 e.